The molecule has 0 saturated heterocycles. The largest absolute Gasteiger partial charge is 0.482 e. The Kier molecular flexibility index (Phi) is 6.31. The van der Waals surface area contributed by atoms with E-state index in [1.165, 1.54) is 18.2 Å². The second kappa shape index (κ2) is 8.44. The number of nitrogens with one attached hydrogen (secondary N) is 1. The second-order valence-corrected chi connectivity index (χ2v) is 5.77. The molecule has 1 amide bonds. The van der Waals surface area contributed by atoms with Gasteiger partial charge in [-0.1, -0.05) is 28.1 Å². The molecular weight excluding hydrogens is 381 g/mol. The Morgan fingerprint density at radius 3 is 2.67 bits per heavy atom. The van der Waals surface area contributed by atoms with Gasteiger partial charge in [0.25, 0.3) is 5.91 Å². The molecule has 0 unspecified atom stereocenters. The van der Waals surface area contributed by atoms with Crippen LogP contribution in [0.3, 0.4) is 0 Å². The van der Waals surface area contributed by atoms with Crippen molar-refractivity contribution in [2.75, 3.05) is 18.5 Å². The number of carbonyl (C=O) groups is 2. The van der Waals surface area contributed by atoms with Gasteiger partial charge in [0.05, 0.1) is 0 Å². The average molecular weight is 396 g/mol. The number of esters is 1. The Hall–Kier alpha value is -2.41. The van der Waals surface area contributed by atoms with Crippen LogP contribution in [0.15, 0.2) is 46.9 Å². The molecule has 1 N–H and O–H groups in total. The van der Waals surface area contributed by atoms with Crippen LogP contribution in [0.1, 0.15) is 5.56 Å². The predicted octanol–water partition coefficient (Wildman–Crippen LogP) is 3.46. The Morgan fingerprint density at radius 1 is 1.17 bits per heavy atom. The van der Waals surface area contributed by atoms with E-state index in [1.54, 1.807) is 12.1 Å². The van der Waals surface area contributed by atoms with Crippen LogP contribution in [0.4, 0.5) is 10.1 Å². The van der Waals surface area contributed by atoms with E-state index in [1.807, 2.05) is 13.0 Å². The molecule has 0 aliphatic heterocycles. The molecular formula is C17H15BrFNO4. The van der Waals surface area contributed by atoms with Crippen molar-refractivity contribution in [1.82, 2.24) is 0 Å². The van der Waals surface area contributed by atoms with Crippen LogP contribution in [0.2, 0.25) is 0 Å². The van der Waals surface area contributed by atoms with Gasteiger partial charge in [-0.2, -0.15) is 0 Å². The third kappa shape index (κ3) is 5.66. The number of carbonyl (C=O) groups excluding carboxylic acids is 2. The fourth-order valence-corrected chi connectivity index (χ4v) is 2.13. The van der Waals surface area contributed by atoms with Gasteiger partial charge in [0.1, 0.15) is 11.6 Å². The summed E-state index contributed by atoms with van der Waals surface area (Å²) in [6, 6.07) is 10.7. The first-order valence-electron chi connectivity index (χ1n) is 7.04. The Balaban J connectivity index is 1.74. The first-order valence-corrected chi connectivity index (χ1v) is 7.83. The maximum Gasteiger partial charge on any atom is 0.344 e. The molecule has 0 bridgehead atoms. The molecule has 7 heteroatoms. The zero-order valence-electron chi connectivity index (χ0n) is 12.8. The minimum atomic E-state index is -0.723. The van der Waals surface area contributed by atoms with Gasteiger partial charge in [-0.15, -0.1) is 0 Å². The van der Waals surface area contributed by atoms with Gasteiger partial charge in [-0.25, -0.2) is 9.18 Å². The van der Waals surface area contributed by atoms with E-state index in [4.69, 9.17) is 9.47 Å². The highest BCUT2D eigenvalue weighted by Crippen LogP contribution is 2.20. The lowest BCUT2D eigenvalue weighted by Gasteiger charge is -2.09. The highest BCUT2D eigenvalue weighted by atomic mass is 79.9. The van der Waals surface area contributed by atoms with Gasteiger partial charge < -0.3 is 14.8 Å². The van der Waals surface area contributed by atoms with E-state index in [0.29, 0.717) is 5.69 Å². The smallest absolute Gasteiger partial charge is 0.344 e. The number of anilines is 1. The van der Waals surface area contributed by atoms with Crippen molar-refractivity contribution < 1.29 is 23.5 Å². The fraction of sp³-hybridized carbons (Fsp3) is 0.176. The van der Waals surface area contributed by atoms with Crippen LogP contribution in [-0.2, 0) is 14.3 Å². The lowest BCUT2D eigenvalue weighted by atomic mass is 10.2. The predicted molar refractivity (Wildman–Crippen MR) is 90.4 cm³/mol. The highest BCUT2D eigenvalue weighted by molar-refractivity contribution is 9.10. The van der Waals surface area contributed by atoms with Gasteiger partial charge in [0, 0.05) is 16.2 Å². The van der Waals surface area contributed by atoms with Crippen molar-refractivity contribution in [3.63, 3.8) is 0 Å². The van der Waals surface area contributed by atoms with Gasteiger partial charge >= 0.3 is 5.97 Å². The third-order valence-electron chi connectivity index (χ3n) is 2.97. The number of aryl methyl sites for hydroxylation is 1. The lowest BCUT2D eigenvalue weighted by molar-refractivity contribution is -0.149. The Bertz CT molecular complexity index is 751. The molecule has 2 aromatic carbocycles. The van der Waals surface area contributed by atoms with Crippen LogP contribution >= 0.6 is 15.9 Å². The molecule has 5 nitrogen and oxygen atoms in total. The monoisotopic (exact) mass is 395 g/mol. The molecule has 0 spiro atoms. The van der Waals surface area contributed by atoms with Crippen LogP contribution < -0.4 is 10.1 Å². The summed E-state index contributed by atoms with van der Waals surface area (Å²) in [5.41, 5.74) is 1.62. The van der Waals surface area contributed by atoms with Gasteiger partial charge in [0.2, 0.25) is 0 Å². The molecule has 2 rings (SSSR count). The molecule has 0 fully saturated rings. The third-order valence-corrected chi connectivity index (χ3v) is 3.83. The standard InChI is InChI=1S/C17H15BrFNO4/c1-11-5-6-13(8-15(11)18)20-16(21)9-24-17(22)10-23-14-4-2-3-12(19)7-14/h2-8H,9-10H2,1H3,(H,20,21). The molecule has 2 aromatic rings. The fourth-order valence-electron chi connectivity index (χ4n) is 1.75. The minimum Gasteiger partial charge on any atom is -0.482 e. The van der Waals surface area contributed by atoms with Crippen LogP contribution in [0.25, 0.3) is 0 Å². The van der Waals surface area contributed by atoms with Gasteiger partial charge in [-0.3, -0.25) is 4.79 Å². The zero-order chi connectivity index (χ0) is 17.5. The van der Waals surface area contributed by atoms with Crippen molar-refractivity contribution in [3.05, 3.63) is 58.3 Å². The van der Waals surface area contributed by atoms with Crippen molar-refractivity contribution in [1.29, 1.82) is 0 Å². The topological polar surface area (TPSA) is 64.6 Å². The highest BCUT2D eigenvalue weighted by Gasteiger charge is 2.09. The quantitative estimate of drug-likeness (QED) is 0.760. The van der Waals surface area contributed by atoms with Crippen molar-refractivity contribution in [3.8, 4) is 5.75 Å². The van der Waals surface area contributed by atoms with Crippen LogP contribution in [-0.4, -0.2) is 25.1 Å². The molecule has 0 radical (unpaired) electrons. The molecule has 0 aliphatic carbocycles. The van der Waals surface area contributed by atoms with E-state index in [-0.39, 0.29) is 5.75 Å². The number of ether oxygens (including phenoxy) is 2. The molecule has 0 aromatic heterocycles. The number of amides is 1. The summed E-state index contributed by atoms with van der Waals surface area (Å²) in [4.78, 5) is 23.3. The molecule has 0 aliphatic rings. The average Bonchev–Trinajstić information content (AvgIpc) is 2.54. The van der Waals surface area contributed by atoms with E-state index >= 15 is 0 Å². The summed E-state index contributed by atoms with van der Waals surface area (Å²) >= 11 is 3.37. The number of rotatable bonds is 6. The first-order chi connectivity index (χ1) is 11.4. The first kappa shape index (κ1) is 17.9. The summed E-state index contributed by atoms with van der Waals surface area (Å²) in [5, 5.41) is 2.61. The lowest BCUT2D eigenvalue weighted by Crippen LogP contribution is -2.23. The number of halogens is 2. The molecule has 0 heterocycles. The minimum absolute atomic E-state index is 0.209. The zero-order valence-corrected chi connectivity index (χ0v) is 14.4. The molecule has 24 heavy (non-hydrogen) atoms. The number of hydrogen-bond acceptors (Lipinski definition) is 4. The van der Waals surface area contributed by atoms with Crippen LogP contribution in [0.5, 0.6) is 5.75 Å². The molecule has 0 saturated carbocycles. The molecule has 126 valence electrons. The van der Waals surface area contributed by atoms with E-state index in [2.05, 4.69) is 21.2 Å². The van der Waals surface area contributed by atoms with Gasteiger partial charge in [-0.05, 0) is 36.8 Å². The normalized spacial score (nSPS) is 10.1. The summed E-state index contributed by atoms with van der Waals surface area (Å²) in [6.45, 7) is 1.08. The number of hydrogen-bond donors (Lipinski definition) is 1. The van der Waals surface area contributed by atoms with Gasteiger partial charge in [0.15, 0.2) is 13.2 Å². The summed E-state index contributed by atoms with van der Waals surface area (Å²) < 4.78 is 23.7. The maximum absolute atomic E-state index is 13.0. The molecule has 0 atom stereocenters. The summed E-state index contributed by atoms with van der Waals surface area (Å²) in [7, 11) is 0. The second-order valence-electron chi connectivity index (χ2n) is 4.92. The van der Waals surface area contributed by atoms with Crippen molar-refractivity contribution >= 4 is 33.5 Å². The van der Waals surface area contributed by atoms with Crippen molar-refractivity contribution in [2.45, 2.75) is 6.92 Å². The maximum atomic E-state index is 13.0. The van der Waals surface area contributed by atoms with E-state index in [0.717, 1.165) is 16.1 Å². The Labute approximate surface area is 146 Å². The SMILES string of the molecule is Cc1ccc(NC(=O)COC(=O)COc2cccc(F)c2)cc1Br. The van der Waals surface area contributed by atoms with Crippen molar-refractivity contribution in [2.24, 2.45) is 0 Å². The Morgan fingerprint density at radius 2 is 1.96 bits per heavy atom. The summed E-state index contributed by atoms with van der Waals surface area (Å²) in [5.74, 6) is -1.45. The number of benzene rings is 2. The van der Waals surface area contributed by atoms with Crippen LogP contribution in [0, 0.1) is 12.7 Å². The summed E-state index contributed by atoms with van der Waals surface area (Å²) in [6.07, 6.45) is 0. The van der Waals surface area contributed by atoms with E-state index in [9.17, 15) is 14.0 Å². The van der Waals surface area contributed by atoms with E-state index < -0.39 is 30.9 Å².